The number of oxazole rings is 1. The van der Waals surface area contributed by atoms with Crippen molar-refractivity contribution in [3.8, 4) is 5.75 Å². The van der Waals surface area contributed by atoms with Crippen molar-refractivity contribution < 1.29 is 23.1 Å². The van der Waals surface area contributed by atoms with Gasteiger partial charge in [-0.25, -0.2) is 18.7 Å². The third-order valence-corrected chi connectivity index (χ3v) is 5.41. The number of fused-ring (bicyclic) bond motifs is 2. The van der Waals surface area contributed by atoms with Gasteiger partial charge in [-0.15, -0.1) is 0 Å². The van der Waals surface area contributed by atoms with Crippen LogP contribution in [0.3, 0.4) is 0 Å². The summed E-state index contributed by atoms with van der Waals surface area (Å²) in [6.07, 6.45) is 0.0117. The van der Waals surface area contributed by atoms with Crippen LogP contribution in [0.4, 0.5) is 4.39 Å². The van der Waals surface area contributed by atoms with E-state index < -0.39 is 23.9 Å². The lowest BCUT2D eigenvalue weighted by atomic mass is 10.2. The molecule has 0 fully saturated rings. The summed E-state index contributed by atoms with van der Waals surface area (Å²) in [4.78, 5) is 44.1. The molecule has 0 radical (unpaired) electrons. The van der Waals surface area contributed by atoms with Crippen molar-refractivity contribution in [2.24, 2.45) is 0 Å². The molecule has 0 saturated heterocycles. The minimum Gasteiger partial charge on any atom is -0.461 e. The second kappa shape index (κ2) is 9.93. The number of nitrogens with zero attached hydrogens (tertiary/aromatic N) is 3. The molecule has 0 aliphatic rings. The highest BCUT2D eigenvalue weighted by Gasteiger charge is 2.18. The zero-order valence-electron chi connectivity index (χ0n) is 19.5. The summed E-state index contributed by atoms with van der Waals surface area (Å²) >= 11 is 0. The Morgan fingerprint density at radius 2 is 1.86 bits per heavy atom. The summed E-state index contributed by atoms with van der Waals surface area (Å²) in [5.41, 5.74) is 2.83. The number of alkyl halides is 1. The van der Waals surface area contributed by atoms with E-state index in [-0.39, 0.29) is 24.5 Å². The molecule has 0 saturated carbocycles. The van der Waals surface area contributed by atoms with Gasteiger partial charge in [0.15, 0.2) is 11.2 Å². The van der Waals surface area contributed by atoms with Crippen LogP contribution in [0.1, 0.15) is 39.0 Å². The number of rotatable bonds is 8. The van der Waals surface area contributed by atoms with E-state index in [0.717, 1.165) is 5.56 Å². The molecule has 2 amide bonds. The number of hydrogen-bond acceptors (Lipinski definition) is 7. The summed E-state index contributed by atoms with van der Waals surface area (Å²) in [5.74, 6) is -1.19. The highest BCUT2D eigenvalue weighted by Crippen LogP contribution is 2.16. The summed E-state index contributed by atoms with van der Waals surface area (Å²) < 4.78 is 24.5. The van der Waals surface area contributed by atoms with Gasteiger partial charge < -0.3 is 19.8 Å². The lowest BCUT2D eigenvalue weighted by Gasteiger charge is -2.11. The van der Waals surface area contributed by atoms with E-state index in [1.807, 2.05) is 0 Å². The van der Waals surface area contributed by atoms with E-state index in [9.17, 15) is 18.8 Å². The molecule has 37 heavy (non-hydrogen) atoms. The van der Waals surface area contributed by atoms with Crippen LogP contribution in [0.15, 0.2) is 70.0 Å². The normalized spacial score (nSPS) is 11.9. The first-order valence-electron chi connectivity index (χ1n) is 11.3. The maximum atomic E-state index is 13.1. The number of nitrogens with one attached hydrogen (secondary N) is 3. The average molecular weight is 504 g/mol. The SMILES string of the molecule is CC(F)Oc1cccc(CNC(=O)c2cc(C(=O)NCc3ccc4oc(=O)[nH]c4c3)nc3ccnn23)c1. The monoisotopic (exact) mass is 504 g/mol. The Morgan fingerprint density at radius 1 is 1.08 bits per heavy atom. The maximum absolute atomic E-state index is 13.1. The van der Waals surface area contributed by atoms with Crippen LogP contribution in [0, 0.1) is 0 Å². The fourth-order valence-corrected chi connectivity index (χ4v) is 3.76. The first-order valence-corrected chi connectivity index (χ1v) is 11.3. The third kappa shape index (κ3) is 5.32. The fourth-order valence-electron chi connectivity index (χ4n) is 3.76. The zero-order valence-corrected chi connectivity index (χ0v) is 19.5. The molecule has 2 aromatic carbocycles. The number of ether oxygens (including phenoxy) is 1. The number of halogens is 1. The molecular weight excluding hydrogens is 483 g/mol. The number of hydrogen-bond donors (Lipinski definition) is 3. The second-order valence-electron chi connectivity index (χ2n) is 8.15. The number of carbonyl (C=O) groups excluding carboxylic acids is 2. The lowest BCUT2D eigenvalue weighted by molar-refractivity contribution is 0.0857. The molecule has 3 aromatic heterocycles. The van der Waals surface area contributed by atoms with Crippen LogP contribution in [0.5, 0.6) is 5.75 Å². The highest BCUT2D eigenvalue weighted by molar-refractivity contribution is 5.98. The van der Waals surface area contributed by atoms with Gasteiger partial charge in [-0.3, -0.25) is 14.6 Å². The van der Waals surface area contributed by atoms with E-state index in [1.54, 1.807) is 48.5 Å². The van der Waals surface area contributed by atoms with Crippen LogP contribution < -0.4 is 21.1 Å². The maximum Gasteiger partial charge on any atom is 0.417 e. The molecule has 5 aromatic rings. The molecule has 5 rings (SSSR count). The van der Waals surface area contributed by atoms with Gasteiger partial charge in [-0.05, 0) is 35.4 Å². The second-order valence-corrected chi connectivity index (χ2v) is 8.15. The Balaban J connectivity index is 1.30. The highest BCUT2D eigenvalue weighted by atomic mass is 19.1. The molecule has 0 bridgehead atoms. The van der Waals surface area contributed by atoms with Crippen molar-refractivity contribution in [3.63, 3.8) is 0 Å². The molecule has 0 spiro atoms. The summed E-state index contributed by atoms with van der Waals surface area (Å²) in [5, 5.41) is 9.66. The zero-order chi connectivity index (χ0) is 25.9. The van der Waals surface area contributed by atoms with Gasteiger partial charge in [0.05, 0.1) is 11.7 Å². The van der Waals surface area contributed by atoms with Crippen molar-refractivity contribution in [3.05, 3.63) is 93.9 Å². The standard InChI is InChI=1S/C25H21FN6O5/c1-14(26)36-17-4-2-3-15(9-17)12-28-24(34)20-11-19(30-22-7-8-29-32(20)22)23(33)27-13-16-5-6-21-18(10-16)31-25(35)37-21/h2-11,14H,12-13H2,1H3,(H,27,33)(H,28,34)(H,31,35). The average Bonchev–Trinajstić information content (AvgIpc) is 3.50. The number of H-pyrrole nitrogens is 1. The Hall–Kier alpha value is -5.00. The number of amides is 2. The molecule has 3 heterocycles. The molecular formula is C25H21FN6O5. The topological polar surface area (TPSA) is 144 Å². The Morgan fingerprint density at radius 3 is 2.68 bits per heavy atom. The molecule has 0 aliphatic heterocycles. The quantitative estimate of drug-likeness (QED) is 0.295. The van der Waals surface area contributed by atoms with Crippen LogP contribution in [-0.4, -0.2) is 37.8 Å². The van der Waals surface area contributed by atoms with Gasteiger partial charge in [-0.1, -0.05) is 18.2 Å². The van der Waals surface area contributed by atoms with E-state index in [1.165, 1.54) is 23.7 Å². The molecule has 1 unspecified atom stereocenters. The van der Waals surface area contributed by atoms with Gasteiger partial charge in [0.1, 0.15) is 17.1 Å². The van der Waals surface area contributed by atoms with Gasteiger partial charge in [0.25, 0.3) is 11.8 Å². The van der Waals surface area contributed by atoms with Crippen LogP contribution in [0.25, 0.3) is 16.7 Å². The number of aromatic nitrogens is 4. The number of benzene rings is 2. The molecule has 1 atom stereocenters. The van der Waals surface area contributed by atoms with Crippen molar-refractivity contribution in [1.82, 2.24) is 30.2 Å². The minimum absolute atomic E-state index is 0.0308. The third-order valence-electron chi connectivity index (χ3n) is 5.41. The van der Waals surface area contributed by atoms with Crippen molar-refractivity contribution >= 4 is 28.6 Å². The minimum atomic E-state index is -1.46. The van der Waals surface area contributed by atoms with E-state index >= 15 is 0 Å². The summed E-state index contributed by atoms with van der Waals surface area (Å²) in [7, 11) is 0. The predicted octanol–water partition coefficient (Wildman–Crippen LogP) is 2.72. The smallest absolute Gasteiger partial charge is 0.417 e. The van der Waals surface area contributed by atoms with Crippen LogP contribution >= 0.6 is 0 Å². The number of carbonyl (C=O) groups is 2. The first-order chi connectivity index (χ1) is 17.9. The first kappa shape index (κ1) is 23.7. The van der Waals surface area contributed by atoms with Gasteiger partial charge >= 0.3 is 5.76 Å². The van der Waals surface area contributed by atoms with Crippen molar-refractivity contribution in [2.75, 3.05) is 0 Å². The van der Waals surface area contributed by atoms with E-state index in [4.69, 9.17) is 9.15 Å². The van der Waals surface area contributed by atoms with Crippen molar-refractivity contribution in [2.45, 2.75) is 26.4 Å². The summed E-state index contributed by atoms with van der Waals surface area (Å²) in [6, 6.07) is 14.7. The Bertz CT molecular complexity index is 1670. The molecule has 11 nitrogen and oxygen atoms in total. The molecule has 3 N–H and O–H groups in total. The predicted molar refractivity (Wildman–Crippen MR) is 130 cm³/mol. The lowest BCUT2D eigenvalue weighted by Crippen LogP contribution is -2.28. The fraction of sp³-hybridized carbons (Fsp3) is 0.160. The van der Waals surface area contributed by atoms with Crippen LogP contribution in [0.2, 0.25) is 0 Å². The van der Waals surface area contributed by atoms with Gasteiger partial charge in [0.2, 0.25) is 6.36 Å². The molecule has 12 heteroatoms. The Kier molecular flexibility index (Phi) is 6.37. The van der Waals surface area contributed by atoms with E-state index in [2.05, 4.69) is 25.7 Å². The van der Waals surface area contributed by atoms with Crippen molar-refractivity contribution in [1.29, 1.82) is 0 Å². The Labute approximate surface area is 208 Å². The molecule has 0 aliphatic carbocycles. The van der Waals surface area contributed by atoms with Gasteiger partial charge in [-0.2, -0.15) is 5.10 Å². The summed E-state index contributed by atoms with van der Waals surface area (Å²) in [6.45, 7) is 1.58. The van der Waals surface area contributed by atoms with Gasteiger partial charge in [0, 0.05) is 32.1 Å². The van der Waals surface area contributed by atoms with Crippen LogP contribution in [-0.2, 0) is 13.1 Å². The largest absolute Gasteiger partial charge is 0.461 e. The van der Waals surface area contributed by atoms with E-state index in [0.29, 0.717) is 28.1 Å². The number of aromatic amines is 1. The molecule has 188 valence electrons.